The van der Waals surface area contributed by atoms with Crippen LogP contribution >= 0.6 is 11.6 Å². The average Bonchev–Trinajstić information content (AvgIpc) is 2.74. The zero-order chi connectivity index (χ0) is 20.5. The number of halogens is 1. The highest BCUT2D eigenvalue weighted by atomic mass is 35.5. The van der Waals surface area contributed by atoms with Crippen molar-refractivity contribution in [3.8, 4) is 0 Å². The van der Waals surface area contributed by atoms with E-state index in [0.29, 0.717) is 6.54 Å². The summed E-state index contributed by atoms with van der Waals surface area (Å²) in [5.74, 6) is 1.79. The molecule has 0 amide bonds. The van der Waals surface area contributed by atoms with Gasteiger partial charge in [-0.25, -0.2) is 9.98 Å². The molecule has 7 heteroatoms. The first-order valence-corrected chi connectivity index (χ1v) is 10.6. The lowest BCUT2D eigenvalue weighted by atomic mass is 10.1. The Hall–Kier alpha value is -2.31. The van der Waals surface area contributed by atoms with Gasteiger partial charge in [0.15, 0.2) is 5.96 Å². The topological polar surface area (TPSA) is 61.8 Å². The van der Waals surface area contributed by atoms with Crippen molar-refractivity contribution in [2.75, 3.05) is 37.7 Å². The van der Waals surface area contributed by atoms with Crippen LogP contribution in [0.4, 0.5) is 5.82 Å². The number of pyridine rings is 1. The Morgan fingerprint density at radius 2 is 2.14 bits per heavy atom. The van der Waals surface area contributed by atoms with Crippen LogP contribution < -0.4 is 15.5 Å². The van der Waals surface area contributed by atoms with Crippen molar-refractivity contribution in [2.45, 2.75) is 32.9 Å². The van der Waals surface area contributed by atoms with Crippen molar-refractivity contribution in [3.63, 3.8) is 0 Å². The van der Waals surface area contributed by atoms with Gasteiger partial charge in [0.1, 0.15) is 5.82 Å². The smallest absolute Gasteiger partial charge is 0.191 e. The molecule has 0 radical (unpaired) electrons. The molecule has 1 unspecified atom stereocenters. The van der Waals surface area contributed by atoms with E-state index in [1.165, 1.54) is 0 Å². The molecule has 29 heavy (non-hydrogen) atoms. The molecule has 0 saturated carbocycles. The molecule has 2 heterocycles. The Bertz CT molecular complexity index is 796. The number of nitrogens with zero attached hydrogens (tertiary/aromatic N) is 3. The van der Waals surface area contributed by atoms with Gasteiger partial charge in [-0.05, 0) is 43.5 Å². The maximum Gasteiger partial charge on any atom is 0.191 e. The second kappa shape index (κ2) is 11.0. The number of ether oxygens (including phenoxy) is 1. The number of aliphatic imine (C=N–C) groups is 1. The zero-order valence-electron chi connectivity index (χ0n) is 17.2. The third kappa shape index (κ3) is 6.61. The molecule has 1 aromatic heterocycles. The first kappa shape index (κ1) is 21.4. The molecule has 0 bridgehead atoms. The lowest BCUT2D eigenvalue weighted by Gasteiger charge is -2.32. The molecule has 1 aromatic carbocycles. The fraction of sp³-hybridized carbons (Fsp3) is 0.455. The molecule has 6 nitrogen and oxygen atoms in total. The summed E-state index contributed by atoms with van der Waals surface area (Å²) < 4.78 is 5.60. The quantitative estimate of drug-likeness (QED) is 0.537. The van der Waals surface area contributed by atoms with Gasteiger partial charge in [0, 0.05) is 37.4 Å². The lowest BCUT2D eigenvalue weighted by molar-refractivity contribution is 0.0529. The molecule has 2 N–H and O–H groups in total. The summed E-state index contributed by atoms with van der Waals surface area (Å²) in [5, 5.41) is 7.46. The summed E-state index contributed by atoms with van der Waals surface area (Å²) in [7, 11) is 0. The van der Waals surface area contributed by atoms with Crippen molar-refractivity contribution >= 4 is 23.4 Å². The van der Waals surface area contributed by atoms with E-state index in [1.54, 1.807) is 0 Å². The standard InChI is InChI=1S/C22H30ClN5O/c1-3-24-22(25-11-10-19-6-4-5-7-20(19)23)27-15-18-8-9-21(26-14-18)28-12-13-29-17(2)16-28/h4-9,14,17H,3,10-13,15-16H2,1-2H3,(H2,24,25,27). The molecule has 3 rings (SSSR count). The SMILES string of the molecule is CCNC(=NCc1ccc(N2CCOC(C)C2)nc1)NCCc1ccccc1Cl. The molecule has 1 aliphatic rings. The van der Waals surface area contributed by atoms with E-state index in [1.807, 2.05) is 24.4 Å². The highest BCUT2D eigenvalue weighted by Gasteiger charge is 2.17. The number of benzene rings is 1. The monoisotopic (exact) mass is 415 g/mol. The minimum absolute atomic E-state index is 0.245. The Labute approximate surface area is 178 Å². The van der Waals surface area contributed by atoms with Crippen LogP contribution in [0.25, 0.3) is 0 Å². The summed E-state index contributed by atoms with van der Waals surface area (Å²) in [6.07, 6.45) is 3.00. The second-order valence-electron chi connectivity index (χ2n) is 7.12. The maximum atomic E-state index is 6.23. The van der Waals surface area contributed by atoms with Gasteiger partial charge in [-0.15, -0.1) is 0 Å². The fourth-order valence-corrected chi connectivity index (χ4v) is 3.48. The van der Waals surface area contributed by atoms with Crippen LogP contribution in [0, 0.1) is 0 Å². The average molecular weight is 416 g/mol. The van der Waals surface area contributed by atoms with E-state index >= 15 is 0 Å². The minimum atomic E-state index is 0.245. The summed E-state index contributed by atoms with van der Waals surface area (Å²) in [4.78, 5) is 11.6. The molecule has 1 aliphatic heterocycles. The largest absolute Gasteiger partial charge is 0.375 e. The van der Waals surface area contributed by atoms with Gasteiger partial charge < -0.3 is 20.3 Å². The van der Waals surface area contributed by atoms with Gasteiger partial charge in [0.25, 0.3) is 0 Å². The number of aromatic nitrogens is 1. The van der Waals surface area contributed by atoms with E-state index < -0.39 is 0 Å². The van der Waals surface area contributed by atoms with E-state index in [0.717, 1.165) is 67.1 Å². The Balaban J connectivity index is 1.53. The third-order valence-corrected chi connectivity index (χ3v) is 5.15. The van der Waals surface area contributed by atoms with Crippen LogP contribution in [-0.4, -0.2) is 49.8 Å². The van der Waals surface area contributed by atoms with Crippen molar-refractivity contribution < 1.29 is 4.74 Å². The predicted octanol–water partition coefficient (Wildman–Crippen LogP) is 3.26. The Morgan fingerprint density at radius 1 is 1.28 bits per heavy atom. The summed E-state index contributed by atoms with van der Waals surface area (Å²) >= 11 is 6.23. The highest BCUT2D eigenvalue weighted by molar-refractivity contribution is 6.31. The number of anilines is 1. The van der Waals surface area contributed by atoms with Crippen molar-refractivity contribution in [1.29, 1.82) is 0 Å². The van der Waals surface area contributed by atoms with E-state index in [2.05, 4.69) is 57.6 Å². The molecule has 1 atom stereocenters. The molecule has 156 valence electrons. The van der Waals surface area contributed by atoms with Gasteiger partial charge in [0.2, 0.25) is 0 Å². The van der Waals surface area contributed by atoms with Crippen LogP contribution in [-0.2, 0) is 17.7 Å². The van der Waals surface area contributed by atoms with E-state index in [4.69, 9.17) is 16.3 Å². The van der Waals surface area contributed by atoms with Crippen LogP contribution in [0.1, 0.15) is 25.0 Å². The lowest BCUT2D eigenvalue weighted by Crippen LogP contribution is -2.41. The van der Waals surface area contributed by atoms with E-state index in [-0.39, 0.29) is 6.10 Å². The van der Waals surface area contributed by atoms with Crippen molar-refractivity contribution in [3.05, 3.63) is 58.7 Å². The van der Waals surface area contributed by atoms with Crippen molar-refractivity contribution in [1.82, 2.24) is 15.6 Å². The molecular weight excluding hydrogens is 386 g/mol. The molecule has 2 aromatic rings. The fourth-order valence-electron chi connectivity index (χ4n) is 3.25. The normalized spacial score (nSPS) is 17.3. The van der Waals surface area contributed by atoms with Crippen LogP contribution in [0.15, 0.2) is 47.6 Å². The zero-order valence-corrected chi connectivity index (χ0v) is 18.0. The number of morpholine rings is 1. The molecule has 0 spiro atoms. The number of nitrogens with one attached hydrogen (secondary N) is 2. The van der Waals surface area contributed by atoms with Crippen LogP contribution in [0.2, 0.25) is 5.02 Å². The van der Waals surface area contributed by atoms with Crippen molar-refractivity contribution in [2.24, 2.45) is 4.99 Å². The van der Waals surface area contributed by atoms with Gasteiger partial charge in [0.05, 0.1) is 19.3 Å². The molecular formula is C22H30ClN5O. The Morgan fingerprint density at radius 3 is 2.86 bits per heavy atom. The second-order valence-corrected chi connectivity index (χ2v) is 7.52. The molecule has 1 fully saturated rings. The predicted molar refractivity (Wildman–Crippen MR) is 120 cm³/mol. The van der Waals surface area contributed by atoms with E-state index in [9.17, 15) is 0 Å². The van der Waals surface area contributed by atoms with Crippen LogP contribution in [0.3, 0.4) is 0 Å². The number of rotatable bonds is 7. The summed E-state index contributed by atoms with van der Waals surface area (Å²) in [5.41, 5.74) is 2.22. The first-order valence-electron chi connectivity index (χ1n) is 10.2. The maximum absolute atomic E-state index is 6.23. The van der Waals surface area contributed by atoms with Gasteiger partial charge >= 0.3 is 0 Å². The minimum Gasteiger partial charge on any atom is -0.375 e. The highest BCUT2D eigenvalue weighted by Crippen LogP contribution is 2.16. The molecule has 0 aliphatic carbocycles. The van der Waals surface area contributed by atoms with Gasteiger partial charge in [-0.2, -0.15) is 0 Å². The van der Waals surface area contributed by atoms with Gasteiger partial charge in [-0.1, -0.05) is 35.9 Å². The summed E-state index contributed by atoms with van der Waals surface area (Å²) in [6, 6.07) is 12.1. The number of hydrogen-bond acceptors (Lipinski definition) is 4. The number of guanidine groups is 1. The van der Waals surface area contributed by atoms with Gasteiger partial charge in [-0.3, -0.25) is 0 Å². The van der Waals surface area contributed by atoms with Crippen LogP contribution in [0.5, 0.6) is 0 Å². The summed E-state index contributed by atoms with van der Waals surface area (Å²) in [6.45, 7) is 8.82. The Kier molecular flexibility index (Phi) is 8.14. The first-order chi connectivity index (χ1) is 14.2. The third-order valence-electron chi connectivity index (χ3n) is 4.78. The molecule has 1 saturated heterocycles. The number of hydrogen-bond donors (Lipinski definition) is 2.